The lowest BCUT2D eigenvalue weighted by molar-refractivity contribution is -0.130. The zero-order valence-corrected chi connectivity index (χ0v) is 9.23. The fourth-order valence-corrected chi connectivity index (χ4v) is 1.51. The Balaban J connectivity index is 1.99. The predicted molar refractivity (Wildman–Crippen MR) is 59.7 cm³/mol. The molecule has 2 rings (SSSR count). The van der Waals surface area contributed by atoms with E-state index in [1.54, 1.807) is 6.07 Å². The lowest BCUT2D eigenvalue weighted by atomic mass is 10.2. The maximum Gasteiger partial charge on any atom is 0.264 e. The Labute approximate surface area is 94.6 Å². The molecule has 0 radical (unpaired) electrons. The van der Waals surface area contributed by atoms with Crippen molar-refractivity contribution in [2.24, 2.45) is 0 Å². The summed E-state index contributed by atoms with van der Waals surface area (Å²) in [7, 11) is 0. The van der Waals surface area contributed by atoms with Gasteiger partial charge in [0, 0.05) is 6.54 Å². The van der Waals surface area contributed by atoms with Crippen LogP contribution in [-0.4, -0.2) is 25.2 Å². The number of para-hydroxylation sites is 2. The van der Waals surface area contributed by atoms with Gasteiger partial charge in [0.25, 0.3) is 5.91 Å². The van der Waals surface area contributed by atoms with Crippen molar-refractivity contribution in [2.45, 2.75) is 19.4 Å². The molecule has 1 heterocycles. The molecule has 1 aliphatic heterocycles. The molecule has 1 N–H and O–H groups in total. The Hall–Kier alpha value is -1.71. The van der Waals surface area contributed by atoms with Crippen LogP contribution in [0.2, 0.25) is 0 Å². The molecule has 4 nitrogen and oxygen atoms in total. The molecule has 1 amide bonds. The monoisotopic (exact) mass is 221 g/mol. The standard InChI is InChI=1S/C12H15NO3/c1-2-7-13-12(14)11-8-15-9-5-3-4-6-10(9)16-11/h3-6,11H,2,7-8H2,1H3,(H,13,14)/t11-/m0/s1. The number of hydrogen-bond acceptors (Lipinski definition) is 3. The van der Waals surface area contributed by atoms with Crippen LogP contribution in [0.4, 0.5) is 0 Å². The summed E-state index contributed by atoms with van der Waals surface area (Å²) in [6, 6.07) is 7.36. The van der Waals surface area contributed by atoms with Gasteiger partial charge in [0.15, 0.2) is 11.5 Å². The van der Waals surface area contributed by atoms with Crippen molar-refractivity contribution in [3.8, 4) is 11.5 Å². The molecule has 0 fully saturated rings. The highest BCUT2D eigenvalue weighted by Crippen LogP contribution is 2.30. The maximum atomic E-state index is 11.7. The lowest BCUT2D eigenvalue weighted by Gasteiger charge is -2.25. The van der Waals surface area contributed by atoms with Crippen LogP contribution in [0.15, 0.2) is 24.3 Å². The second-order valence-corrected chi connectivity index (χ2v) is 3.66. The first-order valence-corrected chi connectivity index (χ1v) is 5.47. The minimum atomic E-state index is -0.540. The van der Waals surface area contributed by atoms with Crippen molar-refractivity contribution in [1.82, 2.24) is 5.32 Å². The summed E-state index contributed by atoms with van der Waals surface area (Å²) in [5.41, 5.74) is 0. The minimum absolute atomic E-state index is 0.114. The summed E-state index contributed by atoms with van der Waals surface area (Å²) in [5.74, 6) is 1.21. The zero-order chi connectivity index (χ0) is 11.4. The highest BCUT2D eigenvalue weighted by Gasteiger charge is 2.26. The molecule has 1 atom stereocenters. The van der Waals surface area contributed by atoms with E-state index in [0.29, 0.717) is 18.0 Å². The number of carbonyl (C=O) groups is 1. The Bertz CT molecular complexity index is 378. The first-order valence-electron chi connectivity index (χ1n) is 5.47. The molecule has 0 aliphatic carbocycles. The van der Waals surface area contributed by atoms with Crippen molar-refractivity contribution in [3.05, 3.63) is 24.3 Å². The van der Waals surface area contributed by atoms with E-state index in [1.165, 1.54) is 0 Å². The Morgan fingerprint density at radius 2 is 2.19 bits per heavy atom. The Morgan fingerprint density at radius 1 is 1.44 bits per heavy atom. The SMILES string of the molecule is CCCNC(=O)[C@@H]1COc2ccccc2O1. The van der Waals surface area contributed by atoms with Crippen LogP contribution >= 0.6 is 0 Å². The molecular formula is C12H15NO3. The van der Waals surface area contributed by atoms with Gasteiger partial charge in [-0.3, -0.25) is 4.79 Å². The van der Waals surface area contributed by atoms with E-state index in [-0.39, 0.29) is 12.5 Å². The van der Waals surface area contributed by atoms with E-state index < -0.39 is 6.10 Å². The molecule has 0 spiro atoms. The number of carbonyl (C=O) groups excluding carboxylic acids is 1. The minimum Gasteiger partial charge on any atom is -0.485 e. The average Bonchev–Trinajstić information content (AvgIpc) is 2.35. The van der Waals surface area contributed by atoms with E-state index in [2.05, 4.69) is 5.32 Å². The molecule has 1 aromatic rings. The summed E-state index contributed by atoms with van der Waals surface area (Å²) >= 11 is 0. The number of nitrogens with one attached hydrogen (secondary N) is 1. The van der Waals surface area contributed by atoms with E-state index in [4.69, 9.17) is 9.47 Å². The van der Waals surface area contributed by atoms with Crippen LogP contribution in [0.1, 0.15) is 13.3 Å². The number of fused-ring (bicyclic) bond motifs is 1. The highest BCUT2D eigenvalue weighted by molar-refractivity contribution is 5.81. The van der Waals surface area contributed by atoms with Crippen LogP contribution in [0.5, 0.6) is 11.5 Å². The highest BCUT2D eigenvalue weighted by atomic mass is 16.6. The van der Waals surface area contributed by atoms with Crippen LogP contribution in [0, 0.1) is 0 Å². The largest absolute Gasteiger partial charge is 0.485 e. The molecule has 0 aromatic heterocycles. The van der Waals surface area contributed by atoms with Crippen LogP contribution in [0.25, 0.3) is 0 Å². The molecule has 1 aromatic carbocycles. The topological polar surface area (TPSA) is 47.6 Å². The van der Waals surface area contributed by atoms with Gasteiger partial charge in [-0.1, -0.05) is 19.1 Å². The van der Waals surface area contributed by atoms with Crippen LogP contribution in [-0.2, 0) is 4.79 Å². The van der Waals surface area contributed by atoms with Crippen molar-refractivity contribution >= 4 is 5.91 Å². The Kier molecular flexibility index (Phi) is 3.29. The first-order chi connectivity index (χ1) is 7.81. The van der Waals surface area contributed by atoms with Gasteiger partial charge in [-0.25, -0.2) is 0 Å². The fraction of sp³-hybridized carbons (Fsp3) is 0.417. The summed E-state index contributed by atoms with van der Waals surface area (Å²) in [6.07, 6.45) is 0.372. The number of hydrogen-bond donors (Lipinski definition) is 1. The van der Waals surface area contributed by atoms with Crippen molar-refractivity contribution in [3.63, 3.8) is 0 Å². The number of benzene rings is 1. The summed E-state index contributed by atoms with van der Waals surface area (Å²) in [6.45, 7) is 2.95. The predicted octanol–water partition coefficient (Wildman–Crippen LogP) is 1.35. The van der Waals surface area contributed by atoms with Gasteiger partial charge < -0.3 is 14.8 Å². The van der Waals surface area contributed by atoms with Gasteiger partial charge in [-0.2, -0.15) is 0 Å². The lowest BCUT2D eigenvalue weighted by Crippen LogP contribution is -2.44. The third-order valence-corrected chi connectivity index (χ3v) is 2.35. The fourth-order valence-electron chi connectivity index (χ4n) is 1.51. The third-order valence-electron chi connectivity index (χ3n) is 2.35. The van der Waals surface area contributed by atoms with Crippen molar-refractivity contribution in [1.29, 1.82) is 0 Å². The molecule has 0 unspecified atom stereocenters. The molecular weight excluding hydrogens is 206 g/mol. The average molecular weight is 221 g/mol. The van der Waals surface area contributed by atoms with Crippen molar-refractivity contribution < 1.29 is 14.3 Å². The quantitative estimate of drug-likeness (QED) is 0.838. The van der Waals surface area contributed by atoms with E-state index >= 15 is 0 Å². The second-order valence-electron chi connectivity index (χ2n) is 3.66. The number of amides is 1. The van der Waals surface area contributed by atoms with Crippen LogP contribution in [0.3, 0.4) is 0 Å². The van der Waals surface area contributed by atoms with E-state index in [1.807, 2.05) is 25.1 Å². The summed E-state index contributed by atoms with van der Waals surface area (Å²) in [4.78, 5) is 11.7. The van der Waals surface area contributed by atoms with Crippen molar-refractivity contribution in [2.75, 3.05) is 13.2 Å². The molecule has 0 bridgehead atoms. The third kappa shape index (κ3) is 2.27. The smallest absolute Gasteiger partial charge is 0.264 e. The molecule has 0 saturated heterocycles. The summed E-state index contributed by atoms with van der Waals surface area (Å²) < 4.78 is 11.0. The normalized spacial score (nSPS) is 17.9. The van der Waals surface area contributed by atoms with Gasteiger partial charge in [0.1, 0.15) is 6.61 Å². The maximum absolute atomic E-state index is 11.7. The summed E-state index contributed by atoms with van der Waals surface area (Å²) in [5, 5.41) is 2.79. The van der Waals surface area contributed by atoms with E-state index in [9.17, 15) is 4.79 Å². The van der Waals surface area contributed by atoms with Gasteiger partial charge >= 0.3 is 0 Å². The van der Waals surface area contributed by atoms with Gasteiger partial charge in [-0.15, -0.1) is 0 Å². The molecule has 1 aliphatic rings. The molecule has 16 heavy (non-hydrogen) atoms. The molecule has 4 heteroatoms. The van der Waals surface area contributed by atoms with Gasteiger partial charge in [0.2, 0.25) is 6.10 Å². The number of ether oxygens (including phenoxy) is 2. The van der Waals surface area contributed by atoms with Gasteiger partial charge in [-0.05, 0) is 18.6 Å². The van der Waals surface area contributed by atoms with Crippen LogP contribution < -0.4 is 14.8 Å². The second kappa shape index (κ2) is 4.88. The molecule has 0 saturated carbocycles. The van der Waals surface area contributed by atoms with Gasteiger partial charge in [0.05, 0.1) is 0 Å². The Morgan fingerprint density at radius 3 is 2.94 bits per heavy atom. The van der Waals surface area contributed by atoms with E-state index in [0.717, 1.165) is 6.42 Å². The zero-order valence-electron chi connectivity index (χ0n) is 9.23. The first kappa shape index (κ1) is 10.8. The number of rotatable bonds is 3. The molecule has 86 valence electrons.